The lowest BCUT2D eigenvalue weighted by atomic mass is 9.93. The average Bonchev–Trinajstić information content (AvgIpc) is 3.04. The second-order valence-corrected chi connectivity index (χ2v) is 6.54. The molecule has 0 spiro atoms. The fourth-order valence-corrected chi connectivity index (χ4v) is 3.09. The van der Waals surface area contributed by atoms with E-state index in [1.807, 2.05) is 24.3 Å². The molecular weight excluding hydrogens is 284 g/mol. The highest BCUT2D eigenvalue weighted by atomic mass is 32.1. The minimum absolute atomic E-state index is 0.126. The van der Waals surface area contributed by atoms with E-state index in [4.69, 9.17) is 5.73 Å². The molecule has 0 bridgehead atoms. The molecule has 2 amide bonds. The number of carbonyl (C=O) groups is 2. The molecule has 21 heavy (non-hydrogen) atoms. The summed E-state index contributed by atoms with van der Waals surface area (Å²) in [5, 5.41) is 4.56. The van der Waals surface area contributed by atoms with Gasteiger partial charge in [0.2, 0.25) is 0 Å². The third-order valence-corrected chi connectivity index (χ3v) is 4.87. The third kappa shape index (κ3) is 2.69. The van der Waals surface area contributed by atoms with Gasteiger partial charge in [-0.3, -0.25) is 9.59 Å². The van der Waals surface area contributed by atoms with E-state index in [0.29, 0.717) is 16.1 Å². The maximum atomic E-state index is 12.5. The minimum atomic E-state index is -0.480. The Balaban J connectivity index is 1.84. The summed E-state index contributed by atoms with van der Waals surface area (Å²) in [6.07, 6.45) is 2.23. The Morgan fingerprint density at radius 2 is 2.00 bits per heavy atom. The lowest BCUT2D eigenvalue weighted by Crippen LogP contribution is -2.17. The van der Waals surface area contributed by atoms with Crippen LogP contribution in [-0.2, 0) is 5.41 Å². The van der Waals surface area contributed by atoms with Gasteiger partial charge in [0.15, 0.2) is 0 Å². The predicted molar refractivity (Wildman–Crippen MR) is 83.8 cm³/mol. The van der Waals surface area contributed by atoms with Crippen molar-refractivity contribution in [2.75, 3.05) is 5.32 Å². The van der Waals surface area contributed by atoms with Crippen LogP contribution in [0.25, 0.3) is 0 Å². The van der Waals surface area contributed by atoms with Crippen molar-refractivity contribution in [1.29, 1.82) is 0 Å². The van der Waals surface area contributed by atoms with Crippen LogP contribution in [0.2, 0.25) is 0 Å². The number of amides is 2. The molecule has 1 fully saturated rings. The van der Waals surface area contributed by atoms with Gasteiger partial charge < -0.3 is 11.1 Å². The van der Waals surface area contributed by atoms with E-state index in [1.165, 1.54) is 11.3 Å². The van der Waals surface area contributed by atoms with Crippen LogP contribution in [0, 0.1) is 0 Å². The molecule has 3 N–H and O–H groups in total. The average molecular weight is 300 g/mol. The molecule has 3 rings (SSSR count). The number of benzene rings is 1. The highest BCUT2D eigenvalue weighted by Crippen LogP contribution is 2.48. The Morgan fingerprint density at radius 1 is 1.29 bits per heavy atom. The summed E-state index contributed by atoms with van der Waals surface area (Å²) in [5.41, 5.74) is 7.74. The van der Waals surface area contributed by atoms with E-state index in [9.17, 15) is 9.59 Å². The first kappa shape index (κ1) is 13.8. The van der Waals surface area contributed by atoms with Gasteiger partial charge in [-0.25, -0.2) is 0 Å². The predicted octanol–water partition coefficient (Wildman–Crippen LogP) is 3.15. The standard InChI is InChI=1S/C16H16N2O2S/c1-16(6-7-16)12-5-3-2-4-11(12)15(20)18-10-8-13(14(17)19)21-9-10/h2-5,8-9H,6-7H2,1H3,(H2,17,19)(H,18,20). The first-order valence-electron chi connectivity index (χ1n) is 6.79. The van der Waals surface area contributed by atoms with Gasteiger partial charge in [-0.1, -0.05) is 25.1 Å². The topological polar surface area (TPSA) is 72.2 Å². The number of rotatable bonds is 4. The van der Waals surface area contributed by atoms with E-state index >= 15 is 0 Å². The normalized spacial score (nSPS) is 15.5. The van der Waals surface area contributed by atoms with Gasteiger partial charge >= 0.3 is 0 Å². The number of hydrogen-bond donors (Lipinski definition) is 2. The van der Waals surface area contributed by atoms with Gasteiger partial charge in [0.25, 0.3) is 11.8 Å². The molecule has 1 aliphatic carbocycles. The van der Waals surface area contributed by atoms with Crippen LogP contribution in [-0.4, -0.2) is 11.8 Å². The molecule has 1 heterocycles. The van der Waals surface area contributed by atoms with Gasteiger partial charge in [-0.15, -0.1) is 11.3 Å². The zero-order chi connectivity index (χ0) is 15.0. The SMILES string of the molecule is CC1(c2ccccc2C(=O)Nc2csc(C(N)=O)c2)CC1. The second-order valence-electron chi connectivity index (χ2n) is 5.62. The number of anilines is 1. The second kappa shape index (κ2) is 5.00. The Morgan fingerprint density at radius 3 is 2.62 bits per heavy atom. The summed E-state index contributed by atoms with van der Waals surface area (Å²) in [6.45, 7) is 2.18. The largest absolute Gasteiger partial charge is 0.365 e. The fraction of sp³-hybridized carbons (Fsp3) is 0.250. The van der Waals surface area contributed by atoms with Crippen molar-refractivity contribution in [3.8, 4) is 0 Å². The number of hydrogen-bond acceptors (Lipinski definition) is 3. The monoisotopic (exact) mass is 300 g/mol. The van der Waals surface area contributed by atoms with Crippen LogP contribution in [0.4, 0.5) is 5.69 Å². The molecule has 1 aromatic carbocycles. The van der Waals surface area contributed by atoms with Crippen molar-refractivity contribution in [3.05, 3.63) is 51.7 Å². The smallest absolute Gasteiger partial charge is 0.258 e. The molecule has 1 aromatic heterocycles. The lowest BCUT2D eigenvalue weighted by Gasteiger charge is -2.14. The van der Waals surface area contributed by atoms with Gasteiger partial charge in [-0.2, -0.15) is 0 Å². The molecule has 2 aromatic rings. The van der Waals surface area contributed by atoms with Crippen molar-refractivity contribution in [3.63, 3.8) is 0 Å². The highest BCUT2D eigenvalue weighted by Gasteiger charge is 2.41. The lowest BCUT2D eigenvalue weighted by molar-refractivity contribution is 0.0999. The van der Waals surface area contributed by atoms with E-state index < -0.39 is 5.91 Å². The molecule has 0 saturated heterocycles. The summed E-state index contributed by atoms with van der Waals surface area (Å²) in [6, 6.07) is 9.30. The van der Waals surface area contributed by atoms with Crippen LogP contribution in [0.15, 0.2) is 35.7 Å². The zero-order valence-electron chi connectivity index (χ0n) is 11.7. The summed E-state index contributed by atoms with van der Waals surface area (Å²) >= 11 is 1.23. The molecular formula is C16H16N2O2S. The maximum Gasteiger partial charge on any atom is 0.258 e. The van der Waals surface area contributed by atoms with Crippen LogP contribution in [0.1, 0.15) is 45.4 Å². The maximum absolute atomic E-state index is 12.5. The van der Waals surface area contributed by atoms with Gasteiger partial charge in [-0.05, 0) is 36.0 Å². The molecule has 0 aliphatic heterocycles. The molecule has 0 unspecified atom stereocenters. The Kier molecular flexibility index (Phi) is 3.29. The molecule has 1 saturated carbocycles. The minimum Gasteiger partial charge on any atom is -0.365 e. The van der Waals surface area contributed by atoms with Crippen LogP contribution >= 0.6 is 11.3 Å². The van der Waals surface area contributed by atoms with Crippen molar-refractivity contribution in [2.24, 2.45) is 5.73 Å². The Bertz CT molecular complexity index is 717. The first-order valence-corrected chi connectivity index (χ1v) is 7.67. The van der Waals surface area contributed by atoms with Crippen LogP contribution in [0.5, 0.6) is 0 Å². The summed E-state index contributed by atoms with van der Waals surface area (Å²) < 4.78 is 0. The van der Waals surface area contributed by atoms with E-state index in [0.717, 1.165) is 18.4 Å². The molecule has 108 valence electrons. The summed E-state index contributed by atoms with van der Waals surface area (Å²) in [4.78, 5) is 24.0. The molecule has 5 heteroatoms. The molecule has 4 nitrogen and oxygen atoms in total. The highest BCUT2D eigenvalue weighted by molar-refractivity contribution is 7.12. The molecule has 0 atom stereocenters. The summed E-state index contributed by atoms with van der Waals surface area (Å²) in [7, 11) is 0. The van der Waals surface area contributed by atoms with Crippen molar-refractivity contribution in [1.82, 2.24) is 0 Å². The van der Waals surface area contributed by atoms with Crippen molar-refractivity contribution in [2.45, 2.75) is 25.2 Å². The number of carbonyl (C=O) groups excluding carboxylic acids is 2. The van der Waals surface area contributed by atoms with Gasteiger partial charge in [0.1, 0.15) is 0 Å². The number of nitrogens with two attached hydrogens (primary N) is 1. The van der Waals surface area contributed by atoms with E-state index in [-0.39, 0.29) is 11.3 Å². The fourth-order valence-electron chi connectivity index (χ4n) is 2.39. The zero-order valence-corrected chi connectivity index (χ0v) is 12.5. The number of nitrogens with one attached hydrogen (secondary N) is 1. The summed E-state index contributed by atoms with van der Waals surface area (Å²) in [5.74, 6) is -0.626. The number of primary amides is 1. The Labute approximate surface area is 127 Å². The van der Waals surface area contributed by atoms with Crippen LogP contribution in [0.3, 0.4) is 0 Å². The van der Waals surface area contributed by atoms with Crippen molar-refractivity contribution >= 4 is 28.8 Å². The Hall–Kier alpha value is -2.14. The van der Waals surface area contributed by atoms with E-state index in [2.05, 4.69) is 12.2 Å². The quantitative estimate of drug-likeness (QED) is 0.910. The first-order chi connectivity index (χ1) is 9.99. The van der Waals surface area contributed by atoms with E-state index in [1.54, 1.807) is 11.4 Å². The number of thiophene rings is 1. The van der Waals surface area contributed by atoms with Crippen LogP contribution < -0.4 is 11.1 Å². The van der Waals surface area contributed by atoms with Gasteiger partial charge in [0.05, 0.1) is 10.6 Å². The third-order valence-electron chi connectivity index (χ3n) is 3.92. The molecule has 0 radical (unpaired) electrons. The molecule has 1 aliphatic rings. The van der Waals surface area contributed by atoms with Gasteiger partial charge in [0, 0.05) is 10.9 Å². The van der Waals surface area contributed by atoms with Crippen molar-refractivity contribution < 1.29 is 9.59 Å².